The molecule has 0 aliphatic carbocycles. The molecule has 3 heteroatoms. The normalized spacial score (nSPS) is 15.5. The third kappa shape index (κ3) is 3.69. The number of hydrogen-bond acceptors (Lipinski definition) is 3. The van der Waals surface area contributed by atoms with Crippen molar-refractivity contribution in [2.24, 2.45) is 0 Å². The lowest BCUT2D eigenvalue weighted by molar-refractivity contribution is 0.239. The van der Waals surface area contributed by atoms with Gasteiger partial charge in [-0.25, -0.2) is 0 Å². The molecule has 0 bridgehead atoms. The number of rotatable bonds is 6. The SMILES string of the molecule is C=CN/C=C(\C=C(/C)N1CCC1)c1cc(NC)ccc1C. The molecule has 0 unspecified atom stereocenters. The standard InChI is InChI=1S/C18H25N3/c1-5-20-13-16(11-15(3)21-9-6-10-21)18-12-17(19-4)8-7-14(18)2/h5,7-8,11-13,19-20H,1,6,9-10H2,2-4H3/b15-11+,16-13+. The summed E-state index contributed by atoms with van der Waals surface area (Å²) in [6.07, 6.45) is 7.25. The number of benzene rings is 1. The van der Waals surface area contributed by atoms with Gasteiger partial charge in [-0.15, -0.1) is 0 Å². The first-order valence-corrected chi connectivity index (χ1v) is 7.45. The van der Waals surface area contributed by atoms with Crippen molar-refractivity contribution in [3.63, 3.8) is 0 Å². The summed E-state index contributed by atoms with van der Waals surface area (Å²) >= 11 is 0. The van der Waals surface area contributed by atoms with Crippen LogP contribution in [0.15, 0.2) is 49.0 Å². The minimum atomic E-state index is 1.12. The highest BCUT2D eigenvalue weighted by molar-refractivity contribution is 5.78. The molecule has 1 heterocycles. The maximum absolute atomic E-state index is 3.72. The summed E-state index contributed by atoms with van der Waals surface area (Å²) in [5, 5.41) is 6.32. The molecule has 1 aliphatic rings. The van der Waals surface area contributed by atoms with Gasteiger partial charge in [0.05, 0.1) is 0 Å². The molecule has 0 aromatic heterocycles. The van der Waals surface area contributed by atoms with Crippen LogP contribution in [0.1, 0.15) is 24.5 Å². The second-order valence-corrected chi connectivity index (χ2v) is 5.38. The average Bonchev–Trinajstić information content (AvgIpc) is 2.42. The number of likely N-dealkylation sites (tertiary alicyclic amines) is 1. The van der Waals surface area contributed by atoms with Crippen LogP contribution in [0, 0.1) is 6.92 Å². The summed E-state index contributed by atoms with van der Waals surface area (Å²) in [5.74, 6) is 0. The Kier molecular flexibility index (Phi) is 5.09. The molecule has 1 aromatic rings. The molecule has 0 radical (unpaired) electrons. The van der Waals surface area contributed by atoms with E-state index < -0.39 is 0 Å². The number of hydrogen-bond donors (Lipinski definition) is 2. The highest BCUT2D eigenvalue weighted by atomic mass is 15.2. The van der Waals surface area contributed by atoms with Crippen molar-refractivity contribution in [3.05, 3.63) is 60.1 Å². The molecular formula is C18H25N3. The van der Waals surface area contributed by atoms with Gasteiger partial charge in [-0.1, -0.05) is 12.6 Å². The van der Waals surface area contributed by atoms with E-state index in [0.717, 1.165) is 5.69 Å². The third-order valence-corrected chi connectivity index (χ3v) is 3.91. The van der Waals surface area contributed by atoms with Gasteiger partial charge in [0.25, 0.3) is 0 Å². The number of nitrogens with zero attached hydrogens (tertiary/aromatic N) is 1. The maximum atomic E-state index is 3.72. The molecular weight excluding hydrogens is 258 g/mol. The zero-order chi connectivity index (χ0) is 15.2. The molecule has 21 heavy (non-hydrogen) atoms. The summed E-state index contributed by atoms with van der Waals surface area (Å²) < 4.78 is 0. The number of nitrogens with one attached hydrogen (secondary N) is 2. The maximum Gasteiger partial charge on any atom is 0.0343 e. The number of allylic oxidation sites excluding steroid dienone is 3. The van der Waals surface area contributed by atoms with Gasteiger partial charge < -0.3 is 15.5 Å². The molecule has 1 aromatic carbocycles. The molecule has 1 fully saturated rings. The molecule has 0 spiro atoms. The Labute approximate surface area is 128 Å². The smallest absolute Gasteiger partial charge is 0.0343 e. The van der Waals surface area contributed by atoms with Crippen LogP contribution in [-0.4, -0.2) is 25.0 Å². The Hall–Kier alpha value is -2.16. The van der Waals surface area contributed by atoms with E-state index in [1.807, 2.05) is 13.2 Å². The molecule has 0 saturated carbocycles. The molecule has 2 N–H and O–H groups in total. The molecule has 0 amide bonds. The summed E-state index contributed by atoms with van der Waals surface area (Å²) in [6.45, 7) is 10.4. The lowest BCUT2D eigenvalue weighted by Gasteiger charge is -2.34. The summed E-state index contributed by atoms with van der Waals surface area (Å²) in [4.78, 5) is 2.40. The van der Waals surface area contributed by atoms with Crippen molar-refractivity contribution < 1.29 is 0 Å². The van der Waals surface area contributed by atoms with Crippen molar-refractivity contribution in [2.45, 2.75) is 20.3 Å². The van der Waals surface area contributed by atoms with E-state index in [0.29, 0.717) is 0 Å². The van der Waals surface area contributed by atoms with Crippen molar-refractivity contribution in [3.8, 4) is 0 Å². The van der Waals surface area contributed by atoms with Crippen LogP contribution >= 0.6 is 0 Å². The molecule has 2 rings (SSSR count). The van der Waals surface area contributed by atoms with Crippen molar-refractivity contribution in [1.29, 1.82) is 0 Å². The molecule has 112 valence electrons. The summed E-state index contributed by atoms with van der Waals surface area (Å²) in [7, 11) is 1.95. The molecule has 1 saturated heterocycles. The second kappa shape index (κ2) is 7.02. The van der Waals surface area contributed by atoms with Crippen LogP contribution in [0.25, 0.3) is 5.57 Å². The Morgan fingerprint density at radius 1 is 1.33 bits per heavy atom. The van der Waals surface area contributed by atoms with Gasteiger partial charge in [-0.05, 0) is 61.4 Å². The average molecular weight is 283 g/mol. The minimum Gasteiger partial charge on any atom is -0.388 e. The highest BCUT2D eigenvalue weighted by Gasteiger charge is 2.14. The topological polar surface area (TPSA) is 27.3 Å². The Morgan fingerprint density at radius 3 is 2.67 bits per heavy atom. The van der Waals surface area contributed by atoms with Gasteiger partial charge in [-0.3, -0.25) is 0 Å². The van der Waals surface area contributed by atoms with E-state index in [1.165, 1.54) is 41.9 Å². The van der Waals surface area contributed by atoms with Crippen molar-refractivity contribution in [1.82, 2.24) is 10.2 Å². The molecule has 1 aliphatic heterocycles. The predicted molar refractivity (Wildman–Crippen MR) is 92.0 cm³/mol. The van der Waals surface area contributed by atoms with Crippen LogP contribution in [0.4, 0.5) is 5.69 Å². The van der Waals surface area contributed by atoms with E-state index in [9.17, 15) is 0 Å². The predicted octanol–water partition coefficient (Wildman–Crippen LogP) is 3.72. The Morgan fingerprint density at radius 2 is 2.10 bits per heavy atom. The fourth-order valence-corrected chi connectivity index (χ4v) is 2.42. The first-order valence-electron chi connectivity index (χ1n) is 7.45. The van der Waals surface area contributed by atoms with E-state index in [2.05, 4.69) is 60.2 Å². The first-order chi connectivity index (χ1) is 10.2. The van der Waals surface area contributed by atoms with E-state index in [4.69, 9.17) is 0 Å². The van der Waals surface area contributed by atoms with Gasteiger partial charge in [0, 0.05) is 37.7 Å². The van der Waals surface area contributed by atoms with Gasteiger partial charge in [-0.2, -0.15) is 0 Å². The third-order valence-electron chi connectivity index (χ3n) is 3.91. The minimum absolute atomic E-state index is 1.12. The van der Waals surface area contributed by atoms with E-state index in [1.54, 1.807) is 6.20 Å². The quantitative estimate of drug-likeness (QED) is 0.779. The van der Waals surface area contributed by atoms with Gasteiger partial charge in [0.1, 0.15) is 0 Å². The van der Waals surface area contributed by atoms with Crippen LogP contribution in [0.3, 0.4) is 0 Å². The second-order valence-electron chi connectivity index (χ2n) is 5.38. The fourth-order valence-electron chi connectivity index (χ4n) is 2.42. The van der Waals surface area contributed by atoms with E-state index >= 15 is 0 Å². The van der Waals surface area contributed by atoms with Crippen LogP contribution < -0.4 is 10.6 Å². The van der Waals surface area contributed by atoms with Gasteiger partial charge in [0.2, 0.25) is 0 Å². The Bertz CT molecular complexity index is 566. The van der Waals surface area contributed by atoms with Crippen LogP contribution in [0.2, 0.25) is 0 Å². The van der Waals surface area contributed by atoms with Gasteiger partial charge >= 0.3 is 0 Å². The van der Waals surface area contributed by atoms with Crippen LogP contribution in [0.5, 0.6) is 0 Å². The lowest BCUT2D eigenvalue weighted by atomic mass is 9.99. The zero-order valence-corrected chi connectivity index (χ0v) is 13.2. The number of anilines is 1. The molecule has 0 atom stereocenters. The Balaban J connectivity index is 2.37. The first kappa shape index (κ1) is 15.2. The molecule has 3 nitrogen and oxygen atoms in total. The fraction of sp³-hybridized carbons (Fsp3) is 0.333. The highest BCUT2D eigenvalue weighted by Crippen LogP contribution is 2.26. The van der Waals surface area contributed by atoms with E-state index in [-0.39, 0.29) is 0 Å². The zero-order valence-electron chi connectivity index (χ0n) is 13.2. The van der Waals surface area contributed by atoms with Crippen LogP contribution in [-0.2, 0) is 0 Å². The van der Waals surface area contributed by atoms with Crippen molar-refractivity contribution in [2.75, 3.05) is 25.5 Å². The largest absolute Gasteiger partial charge is 0.388 e. The summed E-state index contributed by atoms with van der Waals surface area (Å²) in [5.41, 5.74) is 6.10. The summed E-state index contributed by atoms with van der Waals surface area (Å²) in [6, 6.07) is 6.44. The van der Waals surface area contributed by atoms with Crippen molar-refractivity contribution >= 4 is 11.3 Å². The number of aryl methyl sites for hydroxylation is 1. The lowest BCUT2D eigenvalue weighted by Crippen LogP contribution is -2.35. The van der Waals surface area contributed by atoms with Gasteiger partial charge in [0.15, 0.2) is 0 Å². The monoisotopic (exact) mass is 283 g/mol.